The van der Waals surface area contributed by atoms with Crippen LogP contribution >= 0.6 is 11.3 Å². The van der Waals surface area contributed by atoms with Crippen molar-refractivity contribution in [3.05, 3.63) is 158 Å². The van der Waals surface area contributed by atoms with Gasteiger partial charge >= 0.3 is 0 Å². The summed E-state index contributed by atoms with van der Waals surface area (Å²) in [5.41, 5.74) is 6.35. The van der Waals surface area contributed by atoms with Gasteiger partial charge in [0.15, 0.2) is 17.5 Å². The van der Waals surface area contributed by atoms with Crippen LogP contribution in [0.25, 0.3) is 92.6 Å². The number of para-hydroxylation sites is 1. The molecule has 0 N–H and O–H groups in total. The Morgan fingerprint density at radius 3 is 1.50 bits per heavy atom. The van der Waals surface area contributed by atoms with Crippen molar-refractivity contribution in [2.75, 3.05) is 0 Å². The summed E-state index contributed by atoms with van der Waals surface area (Å²) in [5.74, 6) is 1.96. The predicted molar refractivity (Wildman–Crippen MR) is 201 cm³/mol. The van der Waals surface area contributed by atoms with Crippen molar-refractivity contribution in [3.63, 3.8) is 0 Å². The molecule has 0 aliphatic carbocycles. The highest BCUT2D eigenvalue weighted by molar-refractivity contribution is 7.26. The fourth-order valence-electron chi connectivity index (χ4n) is 7.01. The maximum Gasteiger partial charge on any atom is 0.164 e. The molecule has 0 amide bonds. The van der Waals surface area contributed by atoms with Gasteiger partial charge in [0.2, 0.25) is 0 Å². The second kappa shape index (κ2) is 10.7. The zero-order valence-corrected chi connectivity index (χ0v) is 26.5. The van der Waals surface area contributed by atoms with E-state index in [-0.39, 0.29) is 0 Å². The molecule has 48 heavy (non-hydrogen) atoms. The van der Waals surface area contributed by atoms with Crippen molar-refractivity contribution in [1.82, 2.24) is 19.5 Å². The molecule has 224 valence electrons. The van der Waals surface area contributed by atoms with Crippen LogP contribution in [-0.2, 0) is 0 Å². The Kier molecular flexibility index (Phi) is 6.01. The highest BCUT2D eigenvalue weighted by atomic mass is 32.1. The molecule has 4 nitrogen and oxygen atoms in total. The van der Waals surface area contributed by atoms with Crippen molar-refractivity contribution in [2.45, 2.75) is 0 Å². The van der Waals surface area contributed by atoms with E-state index in [0.717, 1.165) is 22.4 Å². The van der Waals surface area contributed by atoms with Crippen molar-refractivity contribution >= 4 is 64.1 Å². The lowest BCUT2D eigenvalue weighted by molar-refractivity contribution is 1.07. The number of fused-ring (bicyclic) bond motifs is 9. The van der Waals surface area contributed by atoms with Gasteiger partial charge in [-0.1, -0.05) is 121 Å². The van der Waals surface area contributed by atoms with Crippen LogP contribution in [0.15, 0.2) is 158 Å². The van der Waals surface area contributed by atoms with Crippen LogP contribution in [0.4, 0.5) is 0 Å². The van der Waals surface area contributed by atoms with Crippen LogP contribution in [0.1, 0.15) is 0 Å². The highest BCUT2D eigenvalue weighted by Gasteiger charge is 2.18. The molecule has 10 aromatic rings. The number of rotatable bonds is 4. The van der Waals surface area contributed by atoms with Crippen molar-refractivity contribution < 1.29 is 0 Å². The Morgan fingerprint density at radius 1 is 0.375 bits per heavy atom. The zero-order chi connectivity index (χ0) is 31.6. The van der Waals surface area contributed by atoms with Gasteiger partial charge in [-0.05, 0) is 36.4 Å². The topological polar surface area (TPSA) is 43.6 Å². The van der Waals surface area contributed by atoms with Gasteiger partial charge in [-0.15, -0.1) is 11.3 Å². The fourth-order valence-corrected chi connectivity index (χ4v) is 8.24. The molecule has 10 rings (SSSR count). The Bertz CT molecular complexity index is 2760. The second-order valence-electron chi connectivity index (χ2n) is 12.0. The number of benzene rings is 7. The van der Waals surface area contributed by atoms with E-state index in [4.69, 9.17) is 15.0 Å². The molecule has 0 saturated heterocycles. The van der Waals surface area contributed by atoms with Crippen molar-refractivity contribution in [1.29, 1.82) is 0 Å². The van der Waals surface area contributed by atoms with E-state index in [2.05, 4.69) is 102 Å². The monoisotopic (exact) mass is 630 g/mol. The van der Waals surface area contributed by atoms with E-state index in [1.165, 1.54) is 52.8 Å². The first-order valence-electron chi connectivity index (χ1n) is 16.0. The quantitative estimate of drug-likeness (QED) is 0.194. The summed E-state index contributed by atoms with van der Waals surface area (Å²) >= 11 is 1.88. The molecule has 3 aromatic heterocycles. The Morgan fingerprint density at radius 2 is 0.854 bits per heavy atom. The molecule has 0 saturated carbocycles. The van der Waals surface area contributed by atoms with Gasteiger partial charge < -0.3 is 4.57 Å². The number of aromatic nitrogens is 4. The van der Waals surface area contributed by atoms with Gasteiger partial charge in [-0.2, -0.15) is 0 Å². The van der Waals surface area contributed by atoms with Crippen LogP contribution in [0.5, 0.6) is 0 Å². The van der Waals surface area contributed by atoms with Gasteiger partial charge in [-0.3, -0.25) is 0 Å². The van der Waals surface area contributed by atoms with Gasteiger partial charge in [0.05, 0.1) is 11.0 Å². The van der Waals surface area contributed by atoms with E-state index in [9.17, 15) is 0 Å². The van der Waals surface area contributed by atoms with E-state index in [1.807, 2.05) is 72.0 Å². The molecule has 0 aliphatic heterocycles. The SMILES string of the molecule is c1ccc(-c2nc(-c3ccccc3)nc(-c3ccc(-n4c5ccccc5c5ccc6c(ccc7c8ccccc8sc76)c54)cc3)n2)cc1. The maximum absolute atomic E-state index is 4.95. The molecule has 0 unspecified atom stereocenters. The number of hydrogen-bond donors (Lipinski definition) is 0. The average molecular weight is 631 g/mol. The first-order valence-corrected chi connectivity index (χ1v) is 16.9. The fraction of sp³-hybridized carbons (Fsp3) is 0. The van der Waals surface area contributed by atoms with Crippen molar-refractivity contribution in [3.8, 4) is 39.9 Å². The molecule has 0 atom stereocenters. The van der Waals surface area contributed by atoms with Crippen LogP contribution in [0, 0.1) is 0 Å². The third-order valence-electron chi connectivity index (χ3n) is 9.25. The Labute approximate surface area is 280 Å². The molecule has 3 heterocycles. The minimum Gasteiger partial charge on any atom is -0.309 e. The summed E-state index contributed by atoms with van der Waals surface area (Å²) in [5, 5.41) is 7.67. The van der Waals surface area contributed by atoms with Crippen LogP contribution in [-0.4, -0.2) is 19.5 Å². The molecular weight excluding hydrogens is 605 g/mol. The van der Waals surface area contributed by atoms with Crippen LogP contribution in [0.2, 0.25) is 0 Å². The molecule has 0 fully saturated rings. The summed E-state index contributed by atoms with van der Waals surface area (Å²) in [4.78, 5) is 14.8. The molecule has 0 bridgehead atoms. The summed E-state index contributed by atoms with van der Waals surface area (Å²) < 4.78 is 5.06. The van der Waals surface area contributed by atoms with Gasteiger partial charge in [-0.25, -0.2) is 15.0 Å². The van der Waals surface area contributed by atoms with Crippen LogP contribution < -0.4 is 0 Å². The molecule has 5 heteroatoms. The van der Waals surface area contributed by atoms with Gasteiger partial charge in [0.1, 0.15) is 0 Å². The highest BCUT2D eigenvalue weighted by Crippen LogP contribution is 2.43. The Hall–Kier alpha value is -6.17. The number of nitrogens with zero attached hydrogens (tertiary/aromatic N) is 4. The van der Waals surface area contributed by atoms with Crippen LogP contribution in [0.3, 0.4) is 0 Å². The first kappa shape index (κ1) is 27.0. The minimum absolute atomic E-state index is 0.647. The average Bonchev–Trinajstić information content (AvgIpc) is 3.72. The zero-order valence-electron chi connectivity index (χ0n) is 25.7. The molecule has 0 spiro atoms. The molecule has 0 radical (unpaired) electrons. The standard InChI is InChI=1S/C43H26N4S/c1-3-11-27(12-4-1)41-44-42(28-13-5-2-6-14-28)46-43(45-41)29-19-21-30(22-20-29)47-37-17-9-7-15-31(37)33-23-26-36-34(39(33)47)24-25-35-32-16-8-10-18-38(32)48-40(35)36/h1-26H. The third kappa shape index (κ3) is 4.18. The third-order valence-corrected chi connectivity index (χ3v) is 10.5. The lowest BCUT2D eigenvalue weighted by Crippen LogP contribution is -2.00. The summed E-state index contributed by atoms with van der Waals surface area (Å²) in [6.45, 7) is 0. The normalized spacial score (nSPS) is 11.8. The van der Waals surface area contributed by atoms with Crippen molar-refractivity contribution in [2.24, 2.45) is 0 Å². The van der Waals surface area contributed by atoms with Gasteiger partial charge in [0, 0.05) is 64.1 Å². The smallest absolute Gasteiger partial charge is 0.164 e. The Balaban J connectivity index is 1.17. The first-order chi connectivity index (χ1) is 23.8. The van der Waals surface area contributed by atoms with Gasteiger partial charge in [0.25, 0.3) is 0 Å². The molecule has 0 aliphatic rings. The summed E-state index contributed by atoms with van der Waals surface area (Å²) in [7, 11) is 0. The van der Waals surface area contributed by atoms with E-state index < -0.39 is 0 Å². The minimum atomic E-state index is 0.647. The maximum atomic E-state index is 4.95. The summed E-state index contributed by atoms with van der Waals surface area (Å²) in [6.07, 6.45) is 0. The summed E-state index contributed by atoms with van der Waals surface area (Å²) in [6, 6.07) is 55.5. The number of thiophene rings is 1. The second-order valence-corrected chi connectivity index (χ2v) is 13.1. The lowest BCUT2D eigenvalue weighted by atomic mass is 10.0. The largest absolute Gasteiger partial charge is 0.309 e. The lowest BCUT2D eigenvalue weighted by Gasteiger charge is -2.12. The molecule has 7 aromatic carbocycles. The van der Waals surface area contributed by atoms with E-state index in [0.29, 0.717) is 17.5 Å². The number of hydrogen-bond acceptors (Lipinski definition) is 4. The van der Waals surface area contributed by atoms with E-state index in [1.54, 1.807) is 0 Å². The predicted octanol–water partition coefficient (Wildman–Crippen LogP) is 11.5. The van der Waals surface area contributed by atoms with E-state index >= 15 is 0 Å². The molecular formula is C43H26N4S.